The highest BCUT2D eigenvalue weighted by molar-refractivity contribution is 5.37. The Kier molecular flexibility index (Phi) is 5.36. The summed E-state index contributed by atoms with van der Waals surface area (Å²) in [5.41, 5.74) is 1.15. The van der Waals surface area contributed by atoms with Crippen molar-refractivity contribution in [2.75, 3.05) is 6.61 Å². The van der Waals surface area contributed by atoms with E-state index < -0.39 is 0 Å². The van der Waals surface area contributed by atoms with Gasteiger partial charge in [-0.25, -0.2) is 0 Å². The summed E-state index contributed by atoms with van der Waals surface area (Å²) in [6, 6.07) is 25.3. The third-order valence-electron chi connectivity index (χ3n) is 3.44. The van der Waals surface area contributed by atoms with Gasteiger partial charge in [0, 0.05) is 0 Å². The molecule has 122 valence electrons. The highest BCUT2D eigenvalue weighted by Crippen LogP contribution is 2.26. The maximum Gasteiger partial charge on any atom is 0.127 e. The topological polar surface area (TPSA) is 27.7 Å². The maximum atomic E-state index is 5.82. The minimum Gasteiger partial charge on any atom is -0.494 e. The molecule has 3 aromatic carbocycles. The van der Waals surface area contributed by atoms with Crippen molar-refractivity contribution >= 4 is 0 Å². The second-order valence-corrected chi connectivity index (χ2v) is 5.25. The number of hydrogen-bond acceptors (Lipinski definition) is 3. The Bertz CT molecular complexity index is 734. The van der Waals surface area contributed by atoms with Crippen LogP contribution in [0.3, 0.4) is 0 Å². The first-order valence-electron chi connectivity index (χ1n) is 8.01. The van der Waals surface area contributed by atoms with Crippen molar-refractivity contribution in [1.29, 1.82) is 0 Å². The van der Waals surface area contributed by atoms with E-state index in [2.05, 4.69) is 0 Å². The highest BCUT2D eigenvalue weighted by atomic mass is 16.5. The van der Waals surface area contributed by atoms with Crippen LogP contribution in [-0.4, -0.2) is 6.61 Å². The first-order chi connectivity index (χ1) is 11.8. The predicted octanol–water partition coefficient (Wildman–Crippen LogP) is 5.46. The second kappa shape index (κ2) is 8.06. The van der Waals surface area contributed by atoms with Crippen molar-refractivity contribution in [3.05, 3.63) is 84.4 Å². The van der Waals surface area contributed by atoms with Crippen molar-refractivity contribution in [2.24, 2.45) is 0 Å². The average molecular weight is 320 g/mol. The van der Waals surface area contributed by atoms with E-state index in [0.717, 1.165) is 28.6 Å². The van der Waals surface area contributed by atoms with Gasteiger partial charge in [0.15, 0.2) is 0 Å². The lowest BCUT2D eigenvalue weighted by Crippen LogP contribution is -1.94. The molecule has 3 rings (SSSR count). The van der Waals surface area contributed by atoms with Crippen molar-refractivity contribution in [3.63, 3.8) is 0 Å². The van der Waals surface area contributed by atoms with Gasteiger partial charge in [-0.05, 0) is 61.0 Å². The monoisotopic (exact) mass is 320 g/mol. The van der Waals surface area contributed by atoms with E-state index in [1.807, 2.05) is 85.8 Å². The fraction of sp³-hybridized carbons (Fsp3) is 0.143. The van der Waals surface area contributed by atoms with E-state index in [1.54, 1.807) is 0 Å². The Labute approximate surface area is 142 Å². The number of rotatable bonds is 7. The minimum absolute atomic E-state index is 0.555. The molecule has 0 unspecified atom stereocenters. The molecule has 3 heteroatoms. The predicted molar refractivity (Wildman–Crippen MR) is 94.9 cm³/mol. The van der Waals surface area contributed by atoms with Crippen LogP contribution in [0, 0.1) is 0 Å². The van der Waals surface area contributed by atoms with Crippen molar-refractivity contribution in [2.45, 2.75) is 13.5 Å². The van der Waals surface area contributed by atoms with Gasteiger partial charge in [0.1, 0.15) is 29.6 Å². The SMILES string of the molecule is CCOc1ccc(Oc2ccc(OCc3ccccc3)cc2)cc1. The number of benzene rings is 3. The molecule has 0 spiro atoms. The largest absolute Gasteiger partial charge is 0.494 e. The molecule has 0 aliphatic rings. The molecule has 0 saturated carbocycles. The van der Waals surface area contributed by atoms with Crippen molar-refractivity contribution < 1.29 is 14.2 Å². The number of ether oxygens (including phenoxy) is 3. The van der Waals surface area contributed by atoms with Crippen LogP contribution in [0.5, 0.6) is 23.0 Å². The Hall–Kier alpha value is -2.94. The fourth-order valence-electron chi connectivity index (χ4n) is 2.25. The Balaban J connectivity index is 1.56. The summed E-state index contributed by atoms with van der Waals surface area (Å²) in [5, 5.41) is 0. The lowest BCUT2D eigenvalue weighted by molar-refractivity contribution is 0.306. The van der Waals surface area contributed by atoms with E-state index in [-0.39, 0.29) is 0 Å². The zero-order chi connectivity index (χ0) is 16.6. The van der Waals surface area contributed by atoms with E-state index >= 15 is 0 Å². The molecule has 0 aromatic heterocycles. The molecular weight excluding hydrogens is 300 g/mol. The molecule has 0 atom stereocenters. The van der Waals surface area contributed by atoms with Crippen LogP contribution < -0.4 is 14.2 Å². The van der Waals surface area contributed by atoms with Gasteiger partial charge in [-0.3, -0.25) is 0 Å². The smallest absolute Gasteiger partial charge is 0.127 e. The third kappa shape index (κ3) is 4.53. The van der Waals surface area contributed by atoms with Gasteiger partial charge in [-0.1, -0.05) is 30.3 Å². The summed E-state index contributed by atoms with van der Waals surface area (Å²) in [6.45, 7) is 3.18. The van der Waals surface area contributed by atoms with Gasteiger partial charge in [0.25, 0.3) is 0 Å². The normalized spacial score (nSPS) is 10.2. The fourth-order valence-corrected chi connectivity index (χ4v) is 2.25. The van der Waals surface area contributed by atoms with Crippen molar-refractivity contribution in [3.8, 4) is 23.0 Å². The standard InChI is InChI=1S/C21H20O3/c1-2-22-18-8-12-20(13-9-18)24-21-14-10-19(11-15-21)23-16-17-6-4-3-5-7-17/h3-15H,2,16H2,1H3. The summed E-state index contributed by atoms with van der Waals surface area (Å²) in [6.07, 6.45) is 0. The highest BCUT2D eigenvalue weighted by Gasteiger charge is 2.00. The molecule has 0 heterocycles. The molecule has 0 radical (unpaired) electrons. The summed E-state index contributed by atoms with van der Waals surface area (Å²) < 4.78 is 17.0. The molecule has 0 fully saturated rings. The molecule has 24 heavy (non-hydrogen) atoms. The van der Waals surface area contributed by atoms with Gasteiger partial charge in [-0.15, -0.1) is 0 Å². The Morgan fingerprint density at radius 2 is 1.08 bits per heavy atom. The minimum atomic E-state index is 0.555. The van der Waals surface area contributed by atoms with Crippen LogP contribution >= 0.6 is 0 Å². The van der Waals surface area contributed by atoms with E-state index in [9.17, 15) is 0 Å². The molecule has 0 saturated heterocycles. The summed E-state index contributed by atoms with van der Waals surface area (Å²) in [7, 11) is 0. The third-order valence-corrected chi connectivity index (χ3v) is 3.44. The van der Waals surface area contributed by atoms with E-state index in [0.29, 0.717) is 13.2 Å². The van der Waals surface area contributed by atoms with Crippen LogP contribution in [0.1, 0.15) is 12.5 Å². The summed E-state index contributed by atoms with van der Waals surface area (Å²) in [4.78, 5) is 0. The first-order valence-corrected chi connectivity index (χ1v) is 8.01. The van der Waals surface area contributed by atoms with Crippen LogP contribution in [0.25, 0.3) is 0 Å². The number of hydrogen-bond donors (Lipinski definition) is 0. The van der Waals surface area contributed by atoms with Gasteiger partial charge < -0.3 is 14.2 Å². The van der Waals surface area contributed by atoms with Crippen LogP contribution in [0.2, 0.25) is 0 Å². The van der Waals surface area contributed by atoms with Crippen LogP contribution in [0.4, 0.5) is 0 Å². The molecule has 0 aliphatic heterocycles. The first kappa shape index (κ1) is 15.9. The van der Waals surface area contributed by atoms with Crippen LogP contribution in [0.15, 0.2) is 78.9 Å². The molecular formula is C21H20O3. The van der Waals surface area contributed by atoms with Gasteiger partial charge in [0.2, 0.25) is 0 Å². The second-order valence-electron chi connectivity index (χ2n) is 5.25. The Morgan fingerprint density at radius 1 is 0.583 bits per heavy atom. The average Bonchev–Trinajstić information content (AvgIpc) is 2.64. The molecule has 0 bridgehead atoms. The lowest BCUT2D eigenvalue weighted by atomic mass is 10.2. The molecule has 0 aliphatic carbocycles. The van der Waals surface area contributed by atoms with Crippen molar-refractivity contribution in [1.82, 2.24) is 0 Å². The zero-order valence-electron chi connectivity index (χ0n) is 13.6. The quantitative estimate of drug-likeness (QED) is 0.579. The maximum absolute atomic E-state index is 5.82. The summed E-state index contributed by atoms with van der Waals surface area (Å²) >= 11 is 0. The molecule has 3 aromatic rings. The van der Waals surface area contributed by atoms with Gasteiger partial charge in [-0.2, -0.15) is 0 Å². The lowest BCUT2D eigenvalue weighted by Gasteiger charge is -2.09. The van der Waals surface area contributed by atoms with Gasteiger partial charge >= 0.3 is 0 Å². The van der Waals surface area contributed by atoms with E-state index in [4.69, 9.17) is 14.2 Å². The van der Waals surface area contributed by atoms with E-state index in [1.165, 1.54) is 0 Å². The molecule has 3 nitrogen and oxygen atoms in total. The van der Waals surface area contributed by atoms with Gasteiger partial charge in [0.05, 0.1) is 6.61 Å². The van der Waals surface area contributed by atoms with Crippen LogP contribution in [-0.2, 0) is 6.61 Å². The zero-order valence-corrected chi connectivity index (χ0v) is 13.6. The summed E-state index contributed by atoms with van der Waals surface area (Å²) in [5.74, 6) is 3.20. The Morgan fingerprint density at radius 3 is 1.62 bits per heavy atom. The molecule has 0 N–H and O–H groups in total. The molecule has 0 amide bonds.